The number of hydrogen-bond acceptors (Lipinski definition) is 6. The highest BCUT2D eigenvalue weighted by atomic mass is 35.5. The molecule has 156 valence electrons. The number of nitrogens with one attached hydrogen (secondary N) is 1. The van der Waals surface area contributed by atoms with E-state index in [0.29, 0.717) is 41.7 Å². The second-order valence-corrected chi connectivity index (χ2v) is 7.48. The van der Waals surface area contributed by atoms with Gasteiger partial charge in [0.05, 0.1) is 24.6 Å². The zero-order valence-electron chi connectivity index (χ0n) is 16.3. The summed E-state index contributed by atoms with van der Waals surface area (Å²) < 4.78 is 10.7. The fourth-order valence-electron chi connectivity index (χ4n) is 3.44. The maximum absolute atomic E-state index is 12.8. The Balaban J connectivity index is 1.57. The number of hydrogen-bond donors (Lipinski definition) is 1. The second kappa shape index (κ2) is 9.38. The first-order valence-corrected chi connectivity index (χ1v) is 10.2. The third-order valence-corrected chi connectivity index (χ3v) is 5.26. The monoisotopic (exact) mass is 427 g/mol. The van der Waals surface area contributed by atoms with Gasteiger partial charge in [-0.3, -0.25) is 14.7 Å². The Morgan fingerprint density at radius 2 is 1.97 bits per heavy atom. The Labute approximate surface area is 179 Å². The van der Waals surface area contributed by atoms with Gasteiger partial charge in [0.25, 0.3) is 5.91 Å². The molecule has 8 heteroatoms. The summed E-state index contributed by atoms with van der Waals surface area (Å²) in [5, 5.41) is 3.29. The van der Waals surface area contributed by atoms with Gasteiger partial charge < -0.3 is 14.8 Å². The molecule has 1 N–H and O–H groups in total. The van der Waals surface area contributed by atoms with Gasteiger partial charge in [0.2, 0.25) is 6.04 Å². The van der Waals surface area contributed by atoms with Crippen LogP contribution in [-0.4, -0.2) is 68.0 Å². The number of halogens is 1. The maximum Gasteiger partial charge on any atom is 0.340 e. The van der Waals surface area contributed by atoms with E-state index in [1.807, 2.05) is 30.3 Å². The van der Waals surface area contributed by atoms with Crippen LogP contribution >= 0.6 is 11.6 Å². The van der Waals surface area contributed by atoms with Gasteiger partial charge in [0.15, 0.2) is 0 Å². The zero-order valence-corrected chi connectivity index (χ0v) is 17.1. The predicted octanol–water partition coefficient (Wildman–Crippen LogP) is 2.37. The summed E-state index contributed by atoms with van der Waals surface area (Å²) >= 11 is 6.19. The van der Waals surface area contributed by atoms with Crippen molar-refractivity contribution in [2.24, 2.45) is 4.99 Å². The molecule has 0 bridgehead atoms. The molecule has 1 saturated heterocycles. The van der Waals surface area contributed by atoms with E-state index < -0.39 is 17.9 Å². The third kappa shape index (κ3) is 4.70. The molecule has 4 rings (SSSR count). The standard InChI is InChI=1S/C22H22ClN3O4/c23-16-6-7-18-17(14-16)19(15-4-2-1-3-5-15)25-20(21(27)24-18)22(28)30-13-10-26-8-11-29-12-9-26/h1-7,14,20H,8-13H2,(H,24,27). The first-order chi connectivity index (χ1) is 14.6. The van der Waals surface area contributed by atoms with Gasteiger partial charge in [-0.15, -0.1) is 0 Å². The molecule has 7 nitrogen and oxygen atoms in total. The lowest BCUT2D eigenvalue weighted by Gasteiger charge is -2.26. The highest BCUT2D eigenvalue weighted by molar-refractivity contribution is 6.32. The van der Waals surface area contributed by atoms with Gasteiger partial charge in [-0.2, -0.15) is 0 Å². The Bertz CT molecular complexity index is 958. The SMILES string of the molecule is O=C1Nc2ccc(Cl)cc2C(c2ccccc2)=NC1C(=O)OCCN1CCOCC1. The average molecular weight is 428 g/mol. The number of nitrogens with zero attached hydrogens (tertiary/aromatic N) is 2. The van der Waals surface area contributed by atoms with E-state index in [0.717, 1.165) is 18.7 Å². The molecule has 1 amide bonds. The van der Waals surface area contributed by atoms with Crippen molar-refractivity contribution in [3.05, 3.63) is 64.7 Å². The molecule has 0 saturated carbocycles. The fourth-order valence-corrected chi connectivity index (χ4v) is 3.62. The number of benzene rings is 2. The summed E-state index contributed by atoms with van der Waals surface area (Å²) in [6.45, 7) is 3.73. The van der Waals surface area contributed by atoms with E-state index in [4.69, 9.17) is 21.1 Å². The van der Waals surface area contributed by atoms with Crippen LogP contribution in [0, 0.1) is 0 Å². The molecule has 1 unspecified atom stereocenters. The van der Waals surface area contributed by atoms with Crippen molar-refractivity contribution in [1.29, 1.82) is 0 Å². The fraction of sp³-hybridized carbons (Fsp3) is 0.318. The Morgan fingerprint density at radius 3 is 2.73 bits per heavy atom. The molecule has 0 aromatic heterocycles. The van der Waals surface area contributed by atoms with Crippen LogP contribution < -0.4 is 5.32 Å². The minimum atomic E-state index is -1.30. The van der Waals surface area contributed by atoms with Crippen LogP contribution in [-0.2, 0) is 19.1 Å². The number of carbonyl (C=O) groups excluding carboxylic acids is 2. The summed E-state index contributed by atoms with van der Waals surface area (Å²) in [7, 11) is 0. The topological polar surface area (TPSA) is 80.2 Å². The largest absolute Gasteiger partial charge is 0.462 e. The summed E-state index contributed by atoms with van der Waals surface area (Å²) in [6.07, 6.45) is 0. The van der Waals surface area contributed by atoms with Crippen LogP contribution in [0.4, 0.5) is 5.69 Å². The number of carbonyl (C=O) groups is 2. The Morgan fingerprint density at radius 1 is 1.20 bits per heavy atom. The molecule has 2 heterocycles. The van der Waals surface area contributed by atoms with E-state index in [1.54, 1.807) is 18.2 Å². The predicted molar refractivity (Wildman–Crippen MR) is 114 cm³/mol. The van der Waals surface area contributed by atoms with Crippen molar-refractivity contribution in [1.82, 2.24) is 4.90 Å². The van der Waals surface area contributed by atoms with Gasteiger partial charge in [0, 0.05) is 35.8 Å². The minimum Gasteiger partial charge on any atom is -0.462 e. The minimum absolute atomic E-state index is 0.192. The van der Waals surface area contributed by atoms with Crippen molar-refractivity contribution < 1.29 is 19.1 Å². The van der Waals surface area contributed by atoms with Crippen LogP contribution in [0.2, 0.25) is 5.02 Å². The van der Waals surface area contributed by atoms with Crippen LogP contribution in [0.5, 0.6) is 0 Å². The molecule has 0 aliphatic carbocycles. The van der Waals surface area contributed by atoms with Crippen LogP contribution in [0.1, 0.15) is 11.1 Å². The van der Waals surface area contributed by atoms with Crippen molar-refractivity contribution in [2.75, 3.05) is 44.8 Å². The molecule has 2 aliphatic heterocycles. The Hall–Kier alpha value is -2.74. The van der Waals surface area contributed by atoms with E-state index in [-0.39, 0.29) is 6.61 Å². The molecule has 30 heavy (non-hydrogen) atoms. The number of anilines is 1. The molecular formula is C22H22ClN3O4. The van der Waals surface area contributed by atoms with Gasteiger partial charge in [-0.25, -0.2) is 4.79 Å². The third-order valence-electron chi connectivity index (χ3n) is 5.03. The summed E-state index contributed by atoms with van der Waals surface area (Å²) in [5.41, 5.74) is 2.51. The normalized spacial score (nSPS) is 19.3. The van der Waals surface area contributed by atoms with Gasteiger partial charge in [-0.05, 0) is 18.2 Å². The second-order valence-electron chi connectivity index (χ2n) is 7.05. The van der Waals surface area contributed by atoms with Crippen molar-refractivity contribution in [3.63, 3.8) is 0 Å². The molecule has 2 aliphatic rings. The summed E-state index contributed by atoms with van der Waals surface area (Å²) in [4.78, 5) is 32.2. The van der Waals surface area contributed by atoms with Crippen LogP contribution in [0.25, 0.3) is 0 Å². The molecular weight excluding hydrogens is 406 g/mol. The van der Waals surface area contributed by atoms with Gasteiger partial charge in [-0.1, -0.05) is 41.9 Å². The number of esters is 1. The lowest BCUT2D eigenvalue weighted by atomic mass is 10.0. The number of morpholine rings is 1. The number of amides is 1. The molecule has 1 atom stereocenters. The number of fused-ring (bicyclic) bond motifs is 1. The summed E-state index contributed by atoms with van der Waals surface area (Å²) in [5.74, 6) is -1.20. The van der Waals surface area contributed by atoms with Crippen LogP contribution in [0.15, 0.2) is 53.5 Å². The number of ether oxygens (including phenoxy) is 2. The smallest absolute Gasteiger partial charge is 0.340 e. The summed E-state index contributed by atoms with van der Waals surface area (Å²) in [6, 6.07) is 13.2. The van der Waals surface area contributed by atoms with E-state index in [1.165, 1.54) is 0 Å². The van der Waals surface area contributed by atoms with Gasteiger partial charge in [0.1, 0.15) is 6.61 Å². The lowest BCUT2D eigenvalue weighted by Crippen LogP contribution is -2.40. The molecule has 0 spiro atoms. The zero-order chi connectivity index (χ0) is 20.9. The van der Waals surface area contributed by atoms with E-state index in [9.17, 15) is 9.59 Å². The first kappa shape index (κ1) is 20.5. The quantitative estimate of drug-likeness (QED) is 0.585. The molecule has 0 radical (unpaired) electrons. The number of aliphatic imine (C=N–C) groups is 1. The molecule has 1 fully saturated rings. The van der Waals surface area contributed by atoms with Crippen LogP contribution in [0.3, 0.4) is 0 Å². The van der Waals surface area contributed by atoms with E-state index in [2.05, 4.69) is 15.2 Å². The lowest BCUT2D eigenvalue weighted by molar-refractivity contribution is -0.147. The average Bonchev–Trinajstić information content (AvgIpc) is 2.91. The van der Waals surface area contributed by atoms with Crippen molar-refractivity contribution in [3.8, 4) is 0 Å². The van der Waals surface area contributed by atoms with Crippen molar-refractivity contribution in [2.45, 2.75) is 6.04 Å². The number of benzodiazepines with no additional fused rings is 1. The molecule has 2 aromatic carbocycles. The van der Waals surface area contributed by atoms with E-state index >= 15 is 0 Å². The molecule has 2 aromatic rings. The van der Waals surface area contributed by atoms with Crippen molar-refractivity contribution >= 4 is 34.9 Å². The number of rotatable bonds is 5. The van der Waals surface area contributed by atoms with Gasteiger partial charge >= 0.3 is 5.97 Å². The Kier molecular flexibility index (Phi) is 6.42. The first-order valence-electron chi connectivity index (χ1n) is 9.82. The maximum atomic E-state index is 12.8. The highest BCUT2D eigenvalue weighted by Crippen LogP contribution is 2.27. The highest BCUT2D eigenvalue weighted by Gasteiger charge is 2.32.